The van der Waals surface area contributed by atoms with Crippen LogP contribution in [0.2, 0.25) is 0 Å². The lowest BCUT2D eigenvalue weighted by molar-refractivity contribution is -0.153. The van der Waals surface area contributed by atoms with E-state index in [1.54, 1.807) is 5.57 Å². The molecule has 0 bridgehead atoms. The Kier molecular flexibility index (Phi) is 7.80. The Morgan fingerprint density at radius 2 is 1.79 bits per heavy atom. The molecule has 8 atom stereocenters. The molecule has 2 saturated carbocycles. The molecule has 1 N–H and O–H groups in total. The third kappa shape index (κ3) is 4.30. The number of allylic oxidation sites excluding steroid dienone is 2. The van der Waals surface area contributed by atoms with Gasteiger partial charge in [0.25, 0.3) is 6.47 Å². The van der Waals surface area contributed by atoms with Crippen molar-refractivity contribution in [3.63, 3.8) is 0 Å². The number of aliphatic hydroxyl groups is 1. The van der Waals surface area contributed by atoms with Crippen molar-refractivity contribution in [1.82, 2.24) is 0 Å². The van der Waals surface area contributed by atoms with Gasteiger partial charge in [-0.05, 0) is 85.9 Å². The van der Waals surface area contributed by atoms with Crippen LogP contribution < -0.4 is 0 Å². The van der Waals surface area contributed by atoms with E-state index < -0.39 is 0 Å². The summed E-state index contributed by atoms with van der Waals surface area (Å²) in [5.74, 6) is 0.686. The summed E-state index contributed by atoms with van der Waals surface area (Å²) in [6, 6.07) is 0. The maximum atomic E-state index is 12.4. The van der Waals surface area contributed by atoms with Gasteiger partial charge in [0.1, 0.15) is 12.2 Å². The Morgan fingerprint density at radius 1 is 1.11 bits per heavy atom. The number of ether oxygens (including phenoxy) is 2. The molecule has 2 fully saturated rings. The molecule has 0 saturated heterocycles. The van der Waals surface area contributed by atoms with Crippen molar-refractivity contribution in [1.29, 1.82) is 0 Å². The van der Waals surface area contributed by atoms with Crippen molar-refractivity contribution in [3.05, 3.63) is 23.3 Å². The Morgan fingerprint density at radius 3 is 2.39 bits per heavy atom. The number of carbonyl (C=O) groups excluding carboxylic acids is 2. The highest BCUT2D eigenvalue weighted by molar-refractivity contribution is 5.66. The number of rotatable bonds is 8. The highest BCUT2D eigenvalue weighted by atomic mass is 16.5. The first-order valence-corrected chi connectivity index (χ1v) is 15.0. The van der Waals surface area contributed by atoms with Crippen molar-refractivity contribution >= 4 is 12.4 Å². The predicted molar refractivity (Wildman–Crippen MR) is 150 cm³/mol. The van der Waals surface area contributed by atoms with Crippen LogP contribution in [0.15, 0.2) is 23.3 Å². The van der Waals surface area contributed by atoms with Gasteiger partial charge in [-0.1, -0.05) is 71.8 Å². The Bertz CT molecular complexity index is 993. The summed E-state index contributed by atoms with van der Waals surface area (Å²) in [4.78, 5) is 24.1. The number of esters is 1. The molecule has 0 spiro atoms. The highest BCUT2D eigenvalue weighted by Crippen LogP contribution is 2.72. The van der Waals surface area contributed by atoms with Gasteiger partial charge in [-0.2, -0.15) is 0 Å². The van der Waals surface area contributed by atoms with Crippen molar-refractivity contribution < 1.29 is 24.2 Å². The minimum absolute atomic E-state index is 0.0488. The molecule has 0 heterocycles. The molecule has 0 aromatic carbocycles. The van der Waals surface area contributed by atoms with Crippen LogP contribution in [0, 0.1) is 39.4 Å². The number of hydrogen-bond donors (Lipinski definition) is 1. The number of carbonyl (C=O) groups is 2. The van der Waals surface area contributed by atoms with Gasteiger partial charge in [0, 0.05) is 18.3 Å². The lowest BCUT2D eigenvalue weighted by Gasteiger charge is -2.62. The van der Waals surface area contributed by atoms with Gasteiger partial charge in [0.15, 0.2) is 0 Å². The van der Waals surface area contributed by atoms with Crippen LogP contribution >= 0.6 is 0 Å². The van der Waals surface area contributed by atoms with Gasteiger partial charge < -0.3 is 14.6 Å². The summed E-state index contributed by atoms with van der Waals surface area (Å²) >= 11 is 0. The van der Waals surface area contributed by atoms with Crippen LogP contribution in [-0.2, 0) is 19.1 Å². The summed E-state index contributed by atoms with van der Waals surface area (Å²) < 4.78 is 12.0. The second-order valence-electron chi connectivity index (χ2n) is 14.5. The van der Waals surface area contributed by atoms with E-state index in [4.69, 9.17) is 9.47 Å². The zero-order valence-corrected chi connectivity index (χ0v) is 25.2. The van der Waals surface area contributed by atoms with Crippen LogP contribution in [0.5, 0.6) is 0 Å². The van der Waals surface area contributed by atoms with E-state index >= 15 is 0 Å². The van der Waals surface area contributed by atoms with E-state index in [1.807, 2.05) is 0 Å². The first-order valence-electron chi connectivity index (χ1n) is 15.0. The largest absolute Gasteiger partial charge is 0.464 e. The lowest BCUT2D eigenvalue weighted by Crippen LogP contribution is -2.56. The second-order valence-corrected chi connectivity index (χ2v) is 14.5. The van der Waals surface area contributed by atoms with Gasteiger partial charge in [0.2, 0.25) is 0 Å². The molecule has 0 unspecified atom stereocenters. The van der Waals surface area contributed by atoms with Gasteiger partial charge in [-0.3, -0.25) is 9.59 Å². The van der Waals surface area contributed by atoms with Crippen LogP contribution in [-0.4, -0.2) is 35.9 Å². The molecule has 0 amide bonds. The van der Waals surface area contributed by atoms with Gasteiger partial charge in [0.05, 0.1) is 6.10 Å². The van der Waals surface area contributed by atoms with Crippen LogP contribution in [0.25, 0.3) is 0 Å². The Hall–Kier alpha value is -1.62. The zero-order chi connectivity index (χ0) is 28.3. The summed E-state index contributed by atoms with van der Waals surface area (Å²) in [7, 11) is 0. The highest BCUT2D eigenvalue weighted by Gasteiger charge is 2.68. The molecule has 0 radical (unpaired) electrons. The van der Waals surface area contributed by atoms with E-state index in [9.17, 15) is 14.7 Å². The average Bonchev–Trinajstić information content (AvgIpc) is 3.06. The van der Waals surface area contributed by atoms with E-state index in [-0.39, 0.29) is 51.9 Å². The number of hydrogen-bond acceptors (Lipinski definition) is 5. The molecular weight excluding hydrogens is 476 g/mol. The summed E-state index contributed by atoms with van der Waals surface area (Å²) in [5, 5.41) is 10.9. The Balaban J connectivity index is 1.78. The quantitative estimate of drug-likeness (QED) is 0.205. The molecule has 4 rings (SSSR count). The van der Waals surface area contributed by atoms with E-state index in [0.717, 1.165) is 51.4 Å². The Labute approximate surface area is 230 Å². The topological polar surface area (TPSA) is 72.8 Å². The summed E-state index contributed by atoms with van der Waals surface area (Å²) in [6.07, 6.45) is 7.41. The fourth-order valence-corrected chi connectivity index (χ4v) is 9.71. The molecule has 0 aromatic heterocycles. The van der Waals surface area contributed by atoms with Gasteiger partial charge in [-0.25, -0.2) is 0 Å². The van der Waals surface area contributed by atoms with Gasteiger partial charge >= 0.3 is 5.97 Å². The predicted octanol–water partition coefficient (Wildman–Crippen LogP) is 7.17. The maximum Gasteiger partial charge on any atom is 0.302 e. The normalized spacial score (nSPS) is 40.6. The average molecular weight is 529 g/mol. The first kappa shape index (κ1) is 29.4. The van der Waals surface area contributed by atoms with E-state index in [0.29, 0.717) is 24.7 Å². The fourth-order valence-electron chi connectivity index (χ4n) is 9.71. The molecule has 5 heteroatoms. The van der Waals surface area contributed by atoms with Crippen LogP contribution in [0.1, 0.15) is 113 Å². The molecule has 4 aliphatic rings. The molecule has 5 nitrogen and oxygen atoms in total. The van der Waals surface area contributed by atoms with Crippen molar-refractivity contribution in [2.45, 2.75) is 131 Å². The fraction of sp³-hybridized carbons (Fsp3) is 0.818. The lowest BCUT2D eigenvalue weighted by atomic mass is 9.43. The molecular formula is C33H52O5. The summed E-state index contributed by atoms with van der Waals surface area (Å²) in [6.45, 7) is 22.3. The maximum absolute atomic E-state index is 12.4. The van der Waals surface area contributed by atoms with Gasteiger partial charge in [-0.15, -0.1) is 0 Å². The van der Waals surface area contributed by atoms with E-state index in [2.05, 4.69) is 55.0 Å². The van der Waals surface area contributed by atoms with Crippen molar-refractivity contribution in [3.8, 4) is 0 Å². The third-order valence-electron chi connectivity index (χ3n) is 12.4. The van der Waals surface area contributed by atoms with Crippen LogP contribution in [0.3, 0.4) is 0 Å². The molecule has 0 aliphatic heterocycles. The van der Waals surface area contributed by atoms with E-state index in [1.165, 1.54) is 18.1 Å². The van der Waals surface area contributed by atoms with Crippen molar-refractivity contribution in [2.24, 2.45) is 39.4 Å². The smallest absolute Gasteiger partial charge is 0.302 e. The number of aliphatic hydroxyl groups excluding tert-OH is 1. The standard InChI is InChI=1S/C33H52O5/c1-20(2)21(3)10-12-26(37-19-34)25-18-29(38-22(4)35)33(9)24-11-13-27-30(5,6)28(36)15-16-31(27,7)23(24)14-17-32(25,33)8/h19-20,25-29,36H,3,10-18H2,1-2,4-9H3/t25-,26-,27+,28-,29+,31-,32-,33-/m1/s1. The molecule has 0 aromatic rings. The molecule has 4 aliphatic carbocycles. The van der Waals surface area contributed by atoms with Crippen LogP contribution in [0.4, 0.5) is 0 Å². The first-order chi connectivity index (χ1) is 17.6. The van der Waals surface area contributed by atoms with Crippen molar-refractivity contribution in [2.75, 3.05) is 0 Å². The molecule has 38 heavy (non-hydrogen) atoms. The second kappa shape index (κ2) is 10.1. The minimum atomic E-state index is -0.315. The third-order valence-corrected chi connectivity index (χ3v) is 12.4. The zero-order valence-electron chi connectivity index (χ0n) is 25.2. The minimum Gasteiger partial charge on any atom is -0.464 e. The summed E-state index contributed by atoms with van der Waals surface area (Å²) in [5.41, 5.74) is 3.68. The number of fused-ring (bicyclic) bond motifs is 4. The molecule has 214 valence electrons. The monoisotopic (exact) mass is 528 g/mol. The SMILES string of the molecule is C=C(CC[C@@H](OC=O)[C@H]1C[C@H](OC(C)=O)[C@@]2(C)C3=C(CC[C@]12C)[C@@]1(C)CC[C@@H](O)C(C)(C)[C@@H]1CC3)C(C)C.